The molecule has 3 rings (SSSR count). The highest BCUT2D eigenvalue weighted by Crippen LogP contribution is 2.42. The van der Waals surface area contributed by atoms with Crippen LogP contribution in [0.2, 0.25) is 0 Å². The van der Waals surface area contributed by atoms with Gasteiger partial charge in [0, 0.05) is 30.0 Å². The number of ether oxygens (including phenoxy) is 2. The number of fused-ring (bicyclic) bond motifs is 1. The van der Waals surface area contributed by atoms with Crippen molar-refractivity contribution in [2.24, 2.45) is 0 Å². The van der Waals surface area contributed by atoms with Crippen LogP contribution in [0.15, 0.2) is 35.6 Å². The number of aliphatic hydroxyl groups excluding tert-OH is 1. The van der Waals surface area contributed by atoms with E-state index in [1.54, 1.807) is 25.1 Å². The second-order valence-electron chi connectivity index (χ2n) is 5.89. The number of carbonyl (C=O) groups is 3. The van der Waals surface area contributed by atoms with Gasteiger partial charge in [0.2, 0.25) is 5.78 Å². The van der Waals surface area contributed by atoms with E-state index in [0.717, 1.165) is 0 Å². The summed E-state index contributed by atoms with van der Waals surface area (Å²) < 4.78 is 10.4. The second-order valence-corrected chi connectivity index (χ2v) is 5.89. The average molecular weight is 316 g/mol. The van der Waals surface area contributed by atoms with E-state index >= 15 is 0 Å². The highest BCUT2D eigenvalue weighted by atomic mass is 16.6. The van der Waals surface area contributed by atoms with Gasteiger partial charge in [-0.05, 0) is 6.92 Å². The van der Waals surface area contributed by atoms with Gasteiger partial charge in [0.1, 0.15) is 5.60 Å². The zero-order valence-electron chi connectivity index (χ0n) is 12.8. The number of Topliss-reactive ketones (excluding diaryl/α,β-unsaturated/α-hetero) is 2. The molecular weight excluding hydrogens is 300 g/mol. The van der Waals surface area contributed by atoms with Crippen molar-refractivity contribution in [3.63, 3.8) is 0 Å². The lowest BCUT2D eigenvalue weighted by Gasteiger charge is -2.19. The number of aliphatic hydroxyl groups is 1. The van der Waals surface area contributed by atoms with Crippen LogP contribution in [-0.4, -0.2) is 41.0 Å². The summed E-state index contributed by atoms with van der Waals surface area (Å²) in [5.41, 5.74) is -0.103. The van der Waals surface area contributed by atoms with Crippen LogP contribution in [0.3, 0.4) is 0 Å². The topological polar surface area (TPSA) is 93.2 Å². The Kier molecular flexibility index (Phi) is 3.66. The molecule has 1 saturated heterocycles. The fraction of sp³-hybridized carbons (Fsp3) is 0.353. The molecule has 1 N–H and O–H groups in total. The molecule has 1 aliphatic carbocycles. The number of allylic oxidation sites excluding steroid dienone is 1. The van der Waals surface area contributed by atoms with Gasteiger partial charge in [-0.3, -0.25) is 14.4 Å². The third kappa shape index (κ3) is 2.60. The van der Waals surface area contributed by atoms with Gasteiger partial charge >= 0.3 is 5.97 Å². The lowest BCUT2D eigenvalue weighted by atomic mass is 9.85. The Hall–Kier alpha value is -2.31. The molecule has 6 heteroatoms. The van der Waals surface area contributed by atoms with E-state index in [1.165, 1.54) is 13.0 Å². The maximum Gasteiger partial charge on any atom is 0.308 e. The number of carbonyl (C=O) groups excluding carboxylic acids is 3. The Bertz CT molecular complexity index is 747. The lowest BCUT2D eigenvalue weighted by Crippen LogP contribution is -2.26. The Morgan fingerprint density at radius 2 is 1.87 bits per heavy atom. The van der Waals surface area contributed by atoms with Gasteiger partial charge in [0.25, 0.3) is 0 Å². The SMILES string of the molecule is CC(=O)OC1=C(CC2OC2(C)CO)C(=O)c2ccccc2C1=O. The van der Waals surface area contributed by atoms with Crippen LogP contribution in [0.1, 0.15) is 41.0 Å². The minimum absolute atomic E-state index is 0.110. The van der Waals surface area contributed by atoms with Crippen LogP contribution in [-0.2, 0) is 14.3 Å². The van der Waals surface area contributed by atoms with Crippen LogP contribution in [0.25, 0.3) is 0 Å². The Balaban J connectivity index is 2.02. The highest BCUT2D eigenvalue weighted by Gasteiger charge is 2.53. The predicted octanol–water partition coefficient (Wildman–Crippen LogP) is 1.42. The summed E-state index contributed by atoms with van der Waals surface area (Å²) >= 11 is 0. The van der Waals surface area contributed by atoms with E-state index in [0.29, 0.717) is 0 Å². The van der Waals surface area contributed by atoms with Crippen LogP contribution < -0.4 is 0 Å². The molecular formula is C17H16O6. The van der Waals surface area contributed by atoms with Gasteiger partial charge in [-0.25, -0.2) is 0 Å². The Morgan fingerprint density at radius 1 is 1.26 bits per heavy atom. The number of benzene rings is 1. The van der Waals surface area contributed by atoms with Crippen molar-refractivity contribution in [3.8, 4) is 0 Å². The van der Waals surface area contributed by atoms with E-state index in [4.69, 9.17) is 9.47 Å². The Morgan fingerprint density at radius 3 is 2.39 bits per heavy atom. The van der Waals surface area contributed by atoms with Crippen LogP contribution in [0.5, 0.6) is 0 Å². The molecule has 1 aromatic carbocycles. The van der Waals surface area contributed by atoms with Crippen molar-refractivity contribution in [1.29, 1.82) is 0 Å². The molecule has 1 fully saturated rings. The van der Waals surface area contributed by atoms with Crippen LogP contribution in [0, 0.1) is 0 Å². The van der Waals surface area contributed by atoms with Crippen molar-refractivity contribution in [3.05, 3.63) is 46.7 Å². The Labute approximate surface area is 132 Å². The fourth-order valence-electron chi connectivity index (χ4n) is 2.71. The van der Waals surface area contributed by atoms with Crippen molar-refractivity contribution < 1.29 is 29.0 Å². The first-order valence-electron chi connectivity index (χ1n) is 7.26. The van der Waals surface area contributed by atoms with E-state index < -0.39 is 23.5 Å². The van der Waals surface area contributed by atoms with Gasteiger partial charge in [-0.1, -0.05) is 24.3 Å². The zero-order valence-corrected chi connectivity index (χ0v) is 12.8. The first-order valence-corrected chi connectivity index (χ1v) is 7.26. The molecule has 0 bridgehead atoms. The second kappa shape index (κ2) is 5.40. The molecule has 1 aliphatic heterocycles. The third-order valence-corrected chi connectivity index (χ3v) is 4.16. The summed E-state index contributed by atoms with van der Waals surface area (Å²) in [6.07, 6.45) is -0.284. The molecule has 120 valence electrons. The predicted molar refractivity (Wildman–Crippen MR) is 78.9 cm³/mol. The molecule has 2 unspecified atom stereocenters. The summed E-state index contributed by atoms with van der Waals surface area (Å²) in [7, 11) is 0. The molecule has 0 spiro atoms. The van der Waals surface area contributed by atoms with Crippen molar-refractivity contribution in [1.82, 2.24) is 0 Å². The summed E-state index contributed by atoms with van der Waals surface area (Å²) in [6, 6.07) is 6.41. The number of esters is 1. The molecule has 23 heavy (non-hydrogen) atoms. The lowest BCUT2D eigenvalue weighted by molar-refractivity contribution is -0.136. The molecule has 1 heterocycles. The molecule has 0 amide bonds. The quantitative estimate of drug-likeness (QED) is 0.667. The van der Waals surface area contributed by atoms with Gasteiger partial charge in [-0.2, -0.15) is 0 Å². The van der Waals surface area contributed by atoms with Crippen molar-refractivity contribution >= 4 is 17.5 Å². The van der Waals surface area contributed by atoms with E-state index in [2.05, 4.69) is 0 Å². The van der Waals surface area contributed by atoms with Crippen LogP contribution in [0.4, 0.5) is 0 Å². The number of epoxide rings is 1. The maximum absolute atomic E-state index is 12.7. The molecule has 0 aromatic heterocycles. The third-order valence-electron chi connectivity index (χ3n) is 4.16. The number of rotatable bonds is 4. The molecule has 0 saturated carbocycles. The number of ketones is 2. The van der Waals surface area contributed by atoms with Crippen molar-refractivity contribution in [2.45, 2.75) is 32.0 Å². The van der Waals surface area contributed by atoms with Gasteiger partial charge in [-0.15, -0.1) is 0 Å². The minimum atomic E-state index is -0.728. The molecule has 6 nitrogen and oxygen atoms in total. The molecule has 0 radical (unpaired) electrons. The van der Waals surface area contributed by atoms with Gasteiger partial charge in [0.15, 0.2) is 11.5 Å². The van der Waals surface area contributed by atoms with E-state index in [-0.39, 0.29) is 41.3 Å². The first kappa shape index (κ1) is 15.6. The molecule has 2 atom stereocenters. The van der Waals surface area contributed by atoms with E-state index in [1.807, 2.05) is 0 Å². The first-order chi connectivity index (χ1) is 10.9. The minimum Gasteiger partial charge on any atom is -0.422 e. The summed E-state index contributed by atoms with van der Waals surface area (Å²) in [5.74, 6) is -1.75. The standard InChI is InChI=1S/C17H16O6/c1-9(19)22-16-12(7-13-17(2,8-18)23-13)14(20)10-5-3-4-6-11(10)15(16)21/h3-6,13,18H,7-8H2,1-2H3. The smallest absolute Gasteiger partial charge is 0.308 e. The normalized spacial score (nSPS) is 26.1. The number of hydrogen-bond acceptors (Lipinski definition) is 6. The summed E-state index contributed by atoms with van der Waals surface area (Å²) in [6.45, 7) is 2.70. The van der Waals surface area contributed by atoms with E-state index in [9.17, 15) is 19.5 Å². The monoisotopic (exact) mass is 316 g/mol. The summed E-state index contributed by atoms with van der Waals surface area (Å²) in [5, 5.41) is 9.27. The van der Waals surface area contributed by atoms with Crippen LogP contribution >= 0.6 is 0 Å². The van der Waals surface area contributed by atoms with Gasteiger partial charge < -0.3 is 14.6 Å². The summed E-state index contributed by atoms with van der Waals surface area (Å²) in [4.78, 5) is 36.6. The highest BCUT2D eigenvalue weighted by molar-refractivity contribution is 6.26. The number of hydrogen-bond donors (Lipinski definition) is 1. The molecule has 2 aliphatic rings. The van der Waals surface area contributed by atoms with Crippen molar-refractivity contribution in [2.75, 3.05) is 6.61 Å². The zero-order chi connectivity index (χ0) is 16.8. The fourth-order valence-corrected chi connectivity index (χ4v) is 2.71. The maximum atomic E-state index is 12.7. The van der Waals surface area contributed by atoms with Gasteiger partial charge in [0.05, 0.1) is 12.7 Å². The average Bonchev–Trinajstić information content (AvgIpc) is 3.19. The molecule has 1 aromatic rings. The largest absolute Gasteiger partial charge is 0.422 e.